The fourth-order valence-electron chi connectivity index (χ4n) is 2.52. The quantitative estimate of drug-likeness (QED) is 0.313. The average Bonchev–Trinajstić information content (AvgIpc) is 2.75. The van der Waals surface area contributed by atoms with Crippen LogP contribution < -0.4 is 11.1 Å². The minimum absolute atomic E-state index is 0.116. The Balaban J connectivity index is 1.71. The van der Waals surface area contributed by atoms with E-state index in [1.54, 1.807) is 18.2 Å². The standard InChI is InChI=1S/C23H16N4O2/c24-15-19-13-18(10-11-26-19)22(28)14-23(29)27-21-12-17(8-9-20(21)25)7-6-16-4-2-1-3-5-16/h1-5,8-13H,14,25H2,(H,27,29). The van der Waals surface area contributed by atoms with Gasteiger partial charge in [0.1, 0.15) is 11.8 Å². The first kappa shape index (κ1) is 19.3. The molecular formula is C23H16N4O2. The summed E-state index contributed by atoms with van der Waals surface area (Å²) >= 11 is 0. The maximum atomic E-state index is 12.3. The third-order valence-corrected chi connectivity index (χ3v) is 3.97. The highest BCUT2D eigenvalue weighted by Crippen LogP contribution is 2.20. The zero-order valence-corrected chi connectivity index (χ0v) is 15.3. The number of nitrogens with two attached hydrogens (primary N) is 1. The van der Waals surface area contributed by atoms with Gasteiger partial charge in [-0.15, -0.1) is 0 Å². The van der Waals surface area contributed by atoms with E-state index in [0.717, 1.165) is 5.56 Å². The van der Waals surface area contributed by atoms with E-state index < -0.39 is 11.7 Å². The first-order chi connectivity index (χ1) is 14.0. The van der Waals surface area contributed by atoms with E-state index >= 15 is 0 Å². The number of nitrogens with zero attached hydrogens (tertiary/aromatic N) is 2. The molecule has 0 aliphatic carbocycles. The van der Waals surface area contributed by atoms with Gasteiger partial charge in [0.2, 0.25) is 5.91 Å². The van der Waals surface area contributed by atoms with Crippen molar-refractivity contribution in [3.63, 3.8) is 0 Å². The number of rotatable bonds is 4. The zero-order valence-electron chi connectivity index (χ0n) is 15.3. The second kappa shape index (κ2) is 8.98. The van der Waals surface area contributed by atoms with Gasteiger partial charge in [-0.2, -0.15) is 5.26 Å². The normalized spacial score (nSPS) is 9.62. The van der Waals surface area contributed by atoms with Crippen LogP contribution in [0.25, 0.3) is 0 Å². The molecule has 140 valence electrons. The van der Waals surface area contributed by atoms with Crippen molar-refractivity contribution in [1.82, 2.24) is 4.98 Å². The van der Waals surface area contributed by atoms with Crippen molar-refractivity contribution in [2.45, 2.75) is 6.42 Å². The van der Waals surface area contributed by atoms with E-state index in [0.29, 0.717) is 16.9 Å². The Morgan fingerprint density at radius 1 is 1.00 bits per heavy atom. The second-order valence-electron chi connectivity index (χ2n) is 6.11. The number of nitrogens with one attached hydrogen (secondary N) is 1. The monoisotopic (exact) mass is 380 g/mol. The number of amides is 1. The number of hydrogen-bond donors (Lipinski definition) is 2. The molecule has 0 spiro atoms. The van der Waals surface area contributed by atoms with Crippen LogP contribution in [0.2, 0.25) is 0 Å². The molecule has 0 aliphatic rings. The lowest BCUT2D eigenvalue weighted by Gasteiger charge is -2.08. The molecule has 3 aromatic rings. The van der Waals surface area contributed by atoms with Crippen molar-refractivity contribution in [1.29, 1.82) is 5.26 Å². The van der Waals surface area contributed by atoms with Gasteiger partial charge in [0, 0.05) is 22.9 Å². The van der Waals surface area contributed by atoms with Crippen LogP contribution in [0.4, 0.5) is 11.4 Å². The Labute approximate surface area is 168 Å². The topological polar surface area (TPSA) is 109 Å². The van der Waals surface area contributed by atoms with Crippen LogP contribution in [0, 0.1) is 23.2 Å². The van der Waals surface area contributed by atoms with Gasteiger partial charge in [0.15, 0.2) is 5.78 Å². The highest BCUT2D eigenvalue weighted by molar-refractivity contribution is 6.11. The molecule has 0 saturated heterocycles. The van der Waals surface area contributed by atoms with E-state index in [1.165, 1.54) is 18.3 Å². The SMILES string of the molecule is N#Cc1cc(C(=O)CC(=O)Nc2cc(C#Cc3ccccc3)ccc2N)ccn1. The molecule has 2 aromatic carbocycles. The van der Waals surface area contributed by atoms with E-state index in [2.05, 4.69) is 22.1 Å². The number of benzene rings is 2. The van der Waals surface area contributed by atoms with Crippen LogP contribution in [-0.2, 0) is 4.79 Å². The number of pyridine rings is 1. The third kappa shape index (κ3) is 5.29. The first-order valence-corrected chi connectivity index (χ1v) is 8.71. The minimum atomic E-state index is -0.509. The smallest absolute Gasteiger partial charge is 0.232 e. The highest BCUT2D eigenvalue weighted by atomic mass is 16.2. The van der Waals surface area contributed by atoms with Gasteiger partial charge in [-0.05, 0) is 42.5 Å². The number of nitrogen functional groups attached to an aromatic ring is 1. The van der Waals surface area contributed by atoms with Gasteiger partial charge >= 0.3 is 0 Å². The molecule has 6 nitrogen and oxygen atoms in total. The van der Waals surface area contributed by atoms with Crippen molar-refractivity contribution < 1.29 is 9.59 Å². The van der Waals surface area contributed by atoms with Crippen molar-refractivity contribution >= 4 is 23.1 Å². The molecule has 3 N–H and O–H groups in total. The molecule has 6 heteroatoms. The summed E-state index contributed by atoms with van der Waals surface area (Å²) in [5, 5.41) is 11.5. The average molecular weight is 380 g/mol. The Hall–Kier alpha value is -4.42. The van der Waals surface area contributed by atoms with Gasteiger partial charge in [-0.3, -0.25) is 9.59 Å². The van der Waals surface area contributed by atoms with Gasteiger partial charge in [-0.25, -0.2) is 4.98 Å². The van der Waals surface area contributed by atoms with Gasteiger partial charge in [0.25, 0.3) is 0 Å². The zero-order chi connectivity index (χ0) is 20.6. The number of hydrogen-bond acceptors (Lipinski definition) is 5. The summed E-state index contributed by atoms with van der Waals surface area (Å²) in [5.74, 6) is 5.13. The van der Waals surface area contributed by atoms with E-state index in [-0.39, 0.29) is 17.7 Å². The van der Waals surface area contributed by atoms with Crippen molar-refractivity contribution in [2.75, 3.05) is 11.1 Å². The molecule has 3 rings (SSSR count). The molecule has 0 fully saturated rings. The van der Waals surface area contributed by atoms with Crippen LogP contribution in [0.5, 0.6) is 0 Å². The summed E-state index contributed by atoms with van der Waals surface area (Å²) < 4.78 is 0. The number of anilines is 2. The Morgan fingerprint density at radius 2 is 1.76 bits per heavy atom. The van der Waals surface area contributed by atoms with Crippen LogP contribution in [0.1, 0.15) is 33.6 Å². The maximum absolute atomic E-state index is 12.3. The molecule has 29 heavy (non-hydrogen) atoms. The molecule has 0 saturated carbocycles. The van der Waals surface area contributed by atoms with Gasteiger partial charge in [0.05, 0.1) is 17.8 Å². The van der Waals surface area contributed by atoms with Crippen molar-refractivity contribution in [3.05, 3.63) is 89.2 Å². The fraction of sp³-hybridized carbons (Fsp3) is 0.0435. The van der Waals surface area contributed by atoms with E-state index in [4.69, 9.17) is 11.0 Å². The number of ketones is 1. The summed E-state index contributed by atoms with van der Waals surface area (Å²) in [6.45, 7) is 0. The van der Waals surface area contributed by atoms with E-state index in [1.807, 2.05) is 36.4 Å². The van der Waals surface area contributed by atoms with Crippen LogP contribution in [0.15, 0.2) is 66.9 Å². The lowest BCUT2D eigenvalue weighted by molar-refractivity contribution is -0.115. The number of Topliss-reactive ketones (excluding diaryl/α,β-unsaturated/α-hetero) is 1. The van der Waals surface area contributed by atoms with Gasteiger partial charge in [-0.1, -0.05) is 30.0 Å². The molecule has 0 aliphatic heterocycles. The number of carbonyl (C=O) groups is 2. The largest absolute Gasteiger partial charge is 0.397 e. The number of nitriles is 1. The molecule has 0 radical (unpaired) electrons. The van der Waals surface area contributed by atoms with Crippen molar-refractivity contribution in [3.8, 4) is 17.9 Å². The lowest BCUT2D eigenvalue weighted by Crippen LogP contribution is -2.17. The molecule has 0 unspecified atom stereocenters. The predicted octanol–water partition coefficient (Wildman–Crippen LogP) is 3.15. The molecule has 1 heterocycles. The molecule has 0 atom stereocenters. The summed E-state index contributed by atoms with van der Waals surface area (Å²) in [6, 6.07) is 19.2. The molecule has 0 bridgehead atoms. The lowest BCUT2D eigenvalue weighted by atomic mass is 10.1. The third-order valence-electron chi connectivity index (χ3n) is 3.97. The molecular weight excluding hydrogens is 364 g/mol. The maximum Gasteiger partial charge on any atom is 0.232 e. The number of carbonyl (C=O) groups excluding carboxylic acids is 2. The van der Waals surface area contributed by atoms with Crippen LogP contribution in [-0.4, -0.2) is 16.7 Å². The number of aromatic nitrogens is 1. The summed E-state index contributed by atoms with van der Waals surface area (Å²) in [7, 11) is 0. The molecule has 1 amide bonds. The summed E-state index contributed by atoms with van der Waals surface area (Å²) in [5.41, 5.74) is 8.60. The summed E-state index contributed by atoms with van der Waals surface area (Å²) in [4.78, 5) is 28.4. The second-order valence-corrected chi connectivity index (χ2v) is 6.11. The predicted molar refractivity (Wildman–Crippen MR) is 110 cm³/mol. The first-order valence-electron chi connectivity index (χ1n) is 8.71. The van der Waals surface area contributed by atoms with Crippen LogP contribution >= 0.6 is 0 Å². The van der Waals surface area contributed by atoms with Crippen LogP contribution in [0.3, 0.4) is 0 Å². The van der Waals surface area contributed by atoms with Crippen molar-refractivity contribution in [2.24, 2.45) is 0 Å². The Morgan fingerprint density at radius 3 is 2.52 bits per heavy atom. The Kier molecular flexibility index (Phi) is 5.99. The van der Waals surface area contributed by atoms with E-state index in [9.17, 15) is 9.59 Å². The fourth-order valence-corrected chi connectivity index (χ4v) is 2.52. The molecule has 1 aromatic heterocycles. The van der Waals surface area contributed by atoms with Gasteiger partial charge < -0.3 is 11.1 Å². The Bertz CT molecular complexity index is 1170. The summed E-state index contributed by atoms with van der Waals surface area (Å²) in [6.07, 6.45) is 0.977. The highest BCUT2D eigenvalue weighted by Gasteiger charge is 2.14. The minimum Gasteiger partial charge on any atom is -0.397 e.